The third-order valence-corrected chi connectivity index (χ3v) is 3.84. The molecule has 0 saturated carbocycles. The molecule has 1 heteroatoms. The maximum absolute atomic E-state index is 4.25. The van der Waals surface area contributed by atoms with Gasteiger partial charge < -0.3 is 4.74 Å². The van der Waals surface area contributed by atoms with Crippen LogP contribution in [0.1, 0.15) is 84.1 Å². The lowest BCUT2D eigenvalue weighted by molar-refractivity contribution is 0.277. The molecule has 0 aliphatic heterocycles. The highest BCUT2D eigenvalue weighted by atomic mass is 16.4. The van der Waals surface area contributed by atoms with Gasteiger partial charge in [-0.15, -0.1) is 0 Å². The summed E-state index contributed by atoms with van der Waals surface area (Å²) < 4.78 is 4.25. The van der Waals surface area contributed by atoms with E-state index in [1.54, 1.807) is 14.2 Å². The Hall–Kier alpha value is -1.60. The molecule has 0 unspecified atom stereocenters. The van der Waals surface area contributed by atoms with E-state index in [-0.39, 0.29) is 10.8 Å². The second kappa shape index (κ2) is 14.4. The molecule has 0 atom stereocenters. The van der Waals surface area contributed by atoms with E-state index in [2.05, 4.69) is 123 Å². The molecule has 0 fully saturated rings. The zero-order valence-electron chi connectivity index (χ0n) is 20.7. The average Bonchev–Trinajstić information content (AvgIpc) is 2.56. The van der Waals surface area contributed by atoms with E-state index in [9.17, 15) is 0 Å². The van der Waals surface area contributed by atoms with E-state index in [1.807, 2.05) is 0 Å². The fraction of sp³-hybridized carbons (Fsp3) is 0.556. The molecule has 2 aromatic carbocycles. The first-order valence-corrected chi connectivity index (χ1v) is 10.4. The van der Waals surface area contributed by atoms with E-state index < -0.39 is 0 Å². The van der Waals surface area contributed by atoms with Crippen molar-refractivity contribution >= 4 is 0 Å². The third kappa shape index (κ3) is 14.5. The van der Waals surface area contributed by atoms with Crippen LogP contribution < -0.4 is 0 Å². The highest BCUT2D eigenvalue weighted by molar-refractivity contribution is 5.27. The Kier molecular flexibility index (Phi) is 14.7. The molecule has 0 spiro atoms. The zero-order chi connectivity index (χ0) is 22.4. The van der Waals surface area contributed by atoms with Crippen LogP contribution in [0.15, 0.2) is 48.5 Å². The van der Waals surface area contributed by atoms with Crippen molar-refractivity contribution in [1.29, 1.82) is 0 Å². The number of hydrogen-bond donors (Lipinski definition) is 0. The van der Waals surface area contributed by atoms with Gasteiger partial charge in [-0.25, -0.2) is 0 Å². The number of ether oxygens (including phenoxy) is 1. The van der Waals surface area contributed by atoms with Gasteiger partial charge in [-0.3, -0.25) is 0 Å². The number of aryl methyl sites for hydroxylation is 2. The number of benzene rings is 2. The van der Waals surface area contributed by atoms with Crippen LogP contribution in [0.3, 0.4) is 0 Å². The minimum absolute atomic E-state index is 0.285. The smallest absolute Gasteiger partial charge is 0.0351 e. The van der Waals surface area contributed by atoms with Gasteiger partial charge in [-0.1, -0.05) is 121 Å². The predicted octanol–water partition coefficient (Wildman–Crippen LogP) is 8.26. The number of hydrogen-bond acceptors (Lipinski definition) is 1. The van der Waals surface area contributed by atoms with Crippen LogP contribution in [0.25, 0.3) is 0 Å². The molecule has 2 aromatic rings. The normalized spacial score (nSPS) is 10.4. The topological polar surface area (TPSA) is 9.23 Å². The van der Waals surface area contributed by atoms with Crippen molar-refractivity contribution in [2.24, 2.45) is 0 Å². The van der Waals surface area contributed by atoms with Gasteiger partial charge in [0.15, 0.2) is 0 Å². The fourth-order valence-corrected chi connectivity index (χ4v) is 2.11. The Balaban J connectivity index is 0. The molecule has 0 heterocycles. The van der Waals surface area contributed by atoms with E-state index in [1.165, 1.54) is 28.7 Å². The summed E-state index contributed by atoms with van der Waals surface area (Å²) in [5.74, 6) is 0. The van der Waals surface area contributed by atoms with E-state index >= 15 is 0 Å². The molecule has 160 valence electrons. The third-order valence-electron chi connectivity index (χ3n) is 3.84. The molecule has 1 nitrogen and oxygen atoms in total. The molecule has 0 radical (unpaired) electrons. The second-order valence-electron chi connectivity index (χ2n) is 9.35. The maximum atomic E-state index is 4.25. The van der Waals surface area contributed by atoms with Crippen LogP contribution >= 0.6 is 0 Å². The lowest BCUT2D eigenvalue weighted by atomic mass is 9.87. The molecular formula is C27H46O. The van der Waals surface area contributed by atoms with Gasteiger partial charge >= 0.3 is 0 Å². The largest absolute Gasteiger partial charge is 0.388 e. The summed E-state index contributed by atoms with van der Waals surface area (Å²) in [6.07, 6.45) is 1.25. The quantitative estimate of drug-likeness (QED) is 0.442. The van der Waals surface area contributed by atoms with E-state index in [0.717, 1.165) is 0 Å². The Morgan fingerprint density at radius 3 is 0.893 bits per heavy atom. The SMILES string of the molecule is CCC.COC.Cc1ccc(C(C)(C)C)cc1.Cc1ccc(C(C)(C)C)cc1. The standard InChI is InChI=1S/2C11H16.C3H8.C2H6O/c2*1-9-5-7-10(8-6-9)11(2,3)4;2*1-3-2/h2*5-8H,1-4H3;3H2,1-2H3;1-2H3. The van der Waals surface area contributed by atoms with Crippen LogP contribution in [0.5, 0.6) is 0 Å². The van der Waals surface area contributed by atoms with Gasteiger partial charge in [0.05, 0.1) is 0 Å². The second-order valence-corrected chi connectivity index (χ2v) is 9.35. The number of rotatable bonds is 0. The van der Waals surface area contributed by atoms with Crippen molar-refractivity contribution in [2.75, 3.05) is 14.2 Å². The molecular weight excluding hydrogens is 340 g/mol. The van der Waals surface area contributed by atoms with Crippen molar-refractivity contribution in [3.63, 3.8) is 0 Å². The van der Waals surface area contributed by atoms with E-state index in [4.69, 9.17) is 0 Å². The van der Waals surface area contributed by atoms with Gasteiger partial charge in [0.25, 0.3) is 0 Å². The summed E-state index contributed by atoms with van der Waals surface area (Å²) in [6, 6.07) is 17.5. The lowest BCUT2D eigenvalue weighted by Crippen LogP contribution is -2.10. The van der Waals surface area contributed by atoms with Crippen molar-refractivity contribution in [2.45, 2.75) is 86.5 Å². The molecule has 0 aliphatic carbocycles. The van der Waals surface area contributed by atoms with Crippen LogP contribution in [0.2, 0.25) is 0 Å². The molecule has 0 bridgehead atoms. The van der Waals surface area contributed by atoms with E-state index in [0.29, 0.717) is 0 Å². The van der Waals surface area contributed by atoms with Crippen LogP contribution in [-0.4, -0.2) is 14.2 Å². The van der Waals surface area contributed by atoms with Gasteiger partial charge in [-0.2, -0.15) is 0 Å². The number of methoxy groups -OCH3 is 1. The zero-order valence-corrected chi connectivity index (χ0v) is 20.7. The highest BCUT2D eigenvalue weighted by Crippen LogP contribution is 2.22. The Morgan fingerprint density at radius 2 is 0.750 bits per heavy atom. The molecule has 0 N–H and O–H groups in total. The Bertz CT molecular complexity index is 535. The lowest BCUT2D eigenvalue weighted by Gasteiger charge is -2.18. The molecule has 0 aliphatic rings. The molecule has 0 saturated heterocycles. The van der Waals surface area contributed by atoms with Gasteiger partial charge in [-0.05, 0) is 35.8 Å². The minimum Gasteiger partial charge on any atom is -0.388 e. The summed E-state index contributed by atoms with van der Waals surface area (Å²) in [5.41, 5.74) is 6.05. The van der Waals surface area contributed by atoms with Crippen molar-refractivity contribution in [1.82, 2.24) is 0 Å². The monoisotopic (exact) mass is 386 g/mol. The van der Waals surface area contributed by atoms with Crippen LogP contribution in [-0.2, 0) is 15.6 Å². The summed E-state index contributed by atoms with van der Waals surface area (Å²) in [4.78, 5) is 0. The van der Waals surface area contributed by atoms with Gasteiger partial charge in [0, 0.05) is 14.2 Å². The Labute approximate surface area is 176 Å². The van der Waals surface area contributed by atoms with Gasteiger partial charge in [0.2, 0.25) is 0 Å². The van der Waals surface area contributed by atoms with Crippen LogP contribution in [0.4, 0.5) is 0 Å². The first-order chi connectivity index (χ1) is 12.8. The first kappa shape index (κ1) is 28.6. The summed E-state index contributed by atoms with van der Waals surface area (Å²) in [7, 11) is 3.25. The summed E-state index contributed by atoms with van der Waals surface area (Å²) in [5, 5.41) is 0. The molecule has 0 aromatic heterocycles. The Morgan fingerprint density at radius 1 is 0.571 bits per heavy atom. The molecule has 2 rings (SSSR count). The average molecular weight is 387 g/mol. The summed E-state index contributed by atoms with van der Waals surface area (Å²) >= 11 is 0. The van der Waals surface area contributed by atoms with Gasteiger partial charge in [0.1, 0.15) is 0 Å². The highest BCUT2D eigenvalue weighted by Gasteiger charge is 2.12. The van der Waals surface area contributed by atoms with Crippen molar-refractivity contribution in [3.05, 3.63) is 70.8 Å². The van der Waals surface area contributed by atoms with Crippen LogP contribution in [0, 0.1) is 13.8 Å². The molecule has 0 amide bonds. The van der Waals surface area contributed by atoms with Crippen molar-refractivity contribution < 1.29 is 4.74 Å². The van der Waals surface area contributed by atoms with Crippen molar-refractivity contribution in [3.8, 4) is 0 Å². The summed E-state index contributed by atoms with van der Waals surface area (Å²) in [6.45, 7) is 21.9. The first-order valence-electron chi connectivity index (χ1n) is 10.4. The maximum Gasteiger partial charge on any atom is 0.0351 e. The fourth-order valence-electron chi connectivity index (χ4n) is 2.11. The molecule has 28 heavy (non-hydrogen) atoms. The minimum atomic E-state index is 0.285. The predicted molar refractivity (Wildman–Crippen MR) is 129 cm³/mol.